The molecule has 3 N–H and O–H groups in total. The largest absolute Gasteiger partial charge is 0.290 e. The van der Waals surface area contributed by atoms with Crippen molar-refractivity contribution in [3.05, 3.63) is 36.2 Å². The molecule has 7 heteroatoms. The van der Waals surface area contributed by atoms with E-state index >= 15 is 0 Å². The minimum atomic E-state index is -0.388. The predicted octanol–water partition coefficient (Wildman–Crippen LogP) is -0.734. The van der Waals surface area contributed by atoms with Crippen LogP contribution in [-0.4, -0.2) is 26.1 Å². The maximum absolute atomic E-state index is 11.4. The standard InChI is InChI=1S/C8H8N6O/c9-11-8(15)6-3-1-2-4-7(6)14-5-10-12-13-14/h1-5H,9H2,(H,11,15). The van der Waals surface area contributed by atoms with E-state index in [0.717, 1.165) is 0 Å². The minimum Gasteiger partial charge on any atom is -0.290 e. The number of nitrogens with one attached hydrogen (secondary N) is 1. The number of hydrazine groups is 1. The molecule has 0 saturated heterocycles. The number of para-hydroxylation sites is 1. The van der Waals surface area contributed by atoms with Crippen molar-refractivity contribution in [3.63, 3.8) is 0 Å². The molecule has 2 rings (SSSR count). The number of nitrogens with two attached hydrogens (primary N) is 1. The zero-order chi connectivity index (χ0) is 10.7. The quantitative estimate of drug-likeness (QED) is 0.381. The Morgan fingerprint density at radius 1 is 1.40 bits per heavy atom. The van der Waals surface area contributed by atoms with E-state index in [2.05, 4.69) is 21.0 Å². The van der Waals surface area contributed by atoms with Crippen LogP contribution in [0.15, 0.2) is 30.6 Å². The molecule has 15 heavy (non-hydrogen) atoms. The number of hydrogen-bond acceptors (Lipinski definition) is 5. The second kappa shape index (κ2) is 3.84. The third-order valence-corrected chi connectivity index (χ3v) is 1.88. The molecule has 0 saturated carbocycles. The molecule has 0 aliphatic rings. The van der Waals surface area contributed by atoms with Crippen molar-refractivity contribution >= 4 is 5.91 Å². The van der Waals surface area contributed by atoms with Crippen LogP contribution in [0.3, 0.4) is 0 Å². The molecule has 2 aromatic rings. The van der Waals surface area contributed by atoms with Crippen molar-refractivity contribution < 1.29 is 4.79 Å². The van der Waals surface area contributed by atoms with Crippen molar-refractivity contribution in [1.82, 2.24) is 25.6 Å². The highest BCUT2D eigenvalue weighted by Gasteiger charge is 2.11. The van der Waals surface area contributed by atoms with Gasteiger partial charge in [0.25, 0.3) is 5.91 Å². The normalized spacial score (nSPS) is 9.93. The third-order valence-electron chi connectivity index (χ3n) is 1.88. The monoisotopic (exact) mass is 204 g/mol. The molecule has 0 spiro atoms. The van der Waals surface area contributed by atoms with Crippen LogP contribution in [0.1, 0.15) is 10.4 Å². The van der Waals surface area contributed by atoms with Gasteiger partial charge in [0.15, 0.2) is 0 Å². The molecule has 0 bridgehead atoms. The number of rotatable bonds is 2. The van der Waals surface area contributed by atoms with Gasteiger partial charge >= 0.3 is 0 Å². The molecule has 76 valence electrons. The Kier molecular flexibility index (Phi) is 2.38. The molecular formula is C8H8N6O. The van der Waals surface area contributed by atoms with Crippen LogP contribution >= 0.6 is 0 Å². The van der Waals surface area contributed by atoms with Crippen molar-refractivity contribution in [1.29, 1.82) is 0 Å². The first kappa shape index (κ1) is 9.28. The van der Waals surface area contributed by atoms with Crippen molar-refractivity contribution in [2.75, 3.05) is 0 Å². The summed E-state index contributed by atoms with van der Waals surface area (Å²) in [6, 6.07) is 6.88. The van der Waals surface area contributed by atoms with Crippen LogP contribution in [0.5, 0.6) is 0 Å². The molecule has 0 fully saturated rings. The van der Waals surface area contributed by atoms with Crippen LogP contribution in [0.25, 0.3) is 5.69 Å². The second-order valence-electron chi connectivity index (χ2n) is 2.75. The molecular weight excluding hydrogens is 196 g/mol. The summed E-state index contributed by atoms with van der Waals surface area (Å²) in [5.74, 6) is 4.68. The third kappa shape index (κ3) is 1.67. The lowest BCUT2D eigenvalue weighted by Gasteiger charge is -2.05. The fraction of sp³-hybridized carbons (Fsp3) is 0. The Morgan fingerprint density at radius 2 is 2.20 bits per heavy atom. The second-order valence-corrected chi connectivity index (χ2v) is 2.75. The molecule has 1 aromatic heterocycles. The smallest absolute Gasteiger partial charge is 0.267 e. The summed E-state index contributed by atoms with van der Waals surface area (Å²) in [5.41, 5.74) is 3.05. The fourth-order valence-electron chi connectivity index (χ4n) is 1.21. The van der Waals surface area contributed by atoms with E-state index in [-0.39, 0.29) is 5.91 Å². The lowest BCUT2D eigenvalue weighted by Crippen LogP contribution is -2.30. The average molecular weight is 204 g/mol. The maximum atomic E-state index is 11.4. The molecule has 0 radical (unpaired) electrons. The van der Waals surface area contributed by atoms with E-state index in [1.165, 1.54) is 11.0 Å². The first-order chi connectivity index (χ1) is 7.33. The van der Waals surface area contributed by atoms with Crippen LogP contribution in [-0.2, 0) is 0 Å². The molecule has 1 aromatic carbocycles. The van der Waals surface area contributed by atoms with Gasteiger partial charge in [0.05, 0.1) is 11.3 Å². The lowest BCUT2D eigenvalue weighted by atomic mass is 10.1. The van der Waals surface area contributed by atoms with Gasteiger partial charge in [-0.15, -0.1) is 5.10 Å². The van der Waals surface area contributed by atoms with Gasteiger partial charge in [-0.3, -0.25) is 10.2 Å². The average Bonchev–Trinajstić information content (AvgIpc) is 2.81. The maximum Gasteiger partial charge on any atom is 0.267 e. The van der Waals surface area contributed by atoms with Gasteiger partial charge in [-0.05, 0) is 22.6 Å². The lowest BCUT2D eigenvalue weighted by molar-refractivity contribution is 0.0953. The van der Waals surface area contributed by atoms with Crippen molar-refractivity contribution in [2.24, 2.45) is 5.84 Å². The van der Waals surface area contributed by atoms with Crippen LogP contribution in [0.4, 0.5) is 0 Å². The van der Waals surface area contributed by atoms with Crippen molar-refractivity contribution in [2.45, 2.75) is 0 Å². The predicted molar refractivity (Wildman–Crippen MR) is 50.8 cm³/mol. The summed E-state index contributed by atoms with van der Waals surface area (Å²) >= 11 is 0. The molecule has 0 atom stereocenters. The van der Waals surface area contributed by atoms with Gasteiger partial charge in [-0.2, -0.15) is 4.68 Å². The van der Waals surface area contributed by atoms with Crippen LogP contribution in [0.2, 0.25) is 0 Å². The summed E-state index contributed by atoms with van der Waals surface area (Å²) in [7, 11) is 0. The van der Waals surface area contributed by atoms with Crippen LogP contribution < -0.4 is 11.3 Å². The summed E-state index contributed by atoms with van der Waals surface area (Å²) in [4.78, 5) is 11.4. The topological polar surface area (TPSA) is 98.7 Å². The van der Waals surface area contributed by atoms with Gasteiger partial charge in [-0.1, -0.05) is 12.1 Å². The highest BCUT2D eigenvalue weighted by Crippen LogP contribution is 2.11. The minimum absolute atomic E-state index is 0.388. The Bertz CT molecular complexity index is 466. The van der Waals surface area contributed by atoms with Gasteiger partial charge in [0, 0.05) is 0 Å². The zero-order valence-electron chi connectivity index (χ0n) is 7.66. The van der Waals surface area contributed by atoms with E-state index in [0.29, 0.717) is 11.3 Å². The SMILES string of the molecule is NNC(=O)c1ccccc1-n1cnnn1. The Balaban J connectivity index is 2.52. The van der Waals surface area contributed by atoms with E-state index < -0.39 is 0 Å². The van der Waals surface area contributed by atoms with Crippen molar-refractivity contribution in [3.8, 4) is 5.69 Å². The number of amides is 1. The summed E-state index contributed by atoms with van der Waals surface area (Å²) in [6.45, 7) is 0. The van der Waals surface area contributed by atoms with Gasteiger partial charge < -0.3 is 0 Å². The van der Waals surface area contributed by atoms with E-state index in [1.54, 1.807) is 24.3 Å². The molecule has 1 heterocycles. The van der Waals surface area contributed by atoms with Gasteiger partial charge in [0.2, 0.25) is 0 Å². The summed E-state index contributed by atoms with van der Waals surface area (Å²) in [5, 5.41) is 10.7. The molecule has 0 aliphatic carbocycles. The molecule has 0 unspecified atom stereocenters. The number of aromatic nitrogens is 4. The fourth-order valence-corrected chi connectivity index (χ4v) is 1.21. The van der Waals surface area contributed by atoms with E-state index in [1.807, 2.05) is 0 Å². The number of carbonyl (C=O) groups excluding carboxylic acids is 1. The molecule has 0 aliphatic heterocycles. The van der Waals surface area contributed by atoms with Crippen LogP contribution in [0, 0.1) is 0 Å². The van der Waals surface area contributed by atoms with Gasteiger partial charge in [-0.25, -0.2) is 5.84 Å². The number of hydrogen-bond donors (Lipinski definition) is 2. The first-order valence-corrected chi connectivity index (χ1v) is 4.16. The number of carbonyl (C=O) groups is 1. The van der Waals surface area contributed by atoms with E-state index in [9.17, 15) is 4.79 Å². The summed E-state index contributed by atoms with van der Waals surface area (Å²) < 4.78 is 1.39. The number of nitrogen functional groups attached to an aromatic ring is 1. The Hall–Kier alpha value is -2.28. The number of nitrogens with zero attached hydrogens (tertiary/aromatic N) is 4. The number of tetrazole rings is 1. The highest BCUT2D eigenvalue weighted by atomic mass is 16.2. The molecule has 7 nitrogen and oxygen atoms in total. The molecule has 1 amide bonds. The first-order valence-electron chi connectivity index (χ1n) is 4.16. The highest BCUT2D eigenvalue weighted by molar-refractivity contribution is 5.97. The van der Waals surface area contributed by atoms with Gasteiger partial charge in [0.1, 0.15) is 6.33 Å². The Labute approximate surface area is 84.9 Å². The summed E-state index contributed by atoms with van der Waals surface area (Å²) in [6.07, 6.45) is 1.41. The van der Waals surface area contributed by atoms with E-state index in [4.69, 9.17) is 5.84 Å². The number of benzene rings is 1. The zero-order valence-corrected chi connectivity index (χ0v) is 7.66. The Morgan fingerprint density at radius 3 is 2.87 bits per heavy atom.